The molecule has 0 unspecified atom stereocenters. The molecule has 2 aromatic carbocycles. The number of nitrogens with one attached hydrogen (secondary N) is 1. The van der Waals surface area contributed by atoms with Crippen LogP contribution in [0.1, 0.15) is 17.0 Å². The van der Waals surface area contributed by atoms with E-state index in [1.165, 1.54) is 11.8 Å². The summed E-state index contributed by atoms with van der Waals surface area (Å²) in [6, 6.07) is 13.5. The largest absolute Gasteiger partial charge is 0.486 e. The molecule has 3 rings (SSSR count). The van der Waals surface area contributed by atoms with E-state index in [0.717, 1.165) is 27.0 Å². The van der Waals surface area contributed by atoms with Gasteiger partial charge in [0.1, 0.15) is 12.4 Å². The van der Waals surface area contributed by atoms with E-state index in [1.807, 2.05) is 60.9 Å². The van der Waals surface area contributed by atoms with Crippen LogP contribution in [0.5, 0.6) is 5.75 Å². The summed E-state index contributed by atoms with van der Waals surface area (Å²) in [6.45, 7) is 8.58. The van der Waals surface area contributed by atoms with Crippen molar-refractivity contribution >= 4 is 39.3 Å². The molecular weight excluding hydrogens is 464 g/mol. The van der Waals surface area contributed by atoms with Gasteiger partial charge in [-0.15, -0.1) is 16.8 Å². The van der Waals surface area contributed by atoms with Gasteiger partial charge in [-0.1, -0.05) is 52.0 Å². The van der Waals surface area contributed by atoms with Gasteiger partial charge in [-0.25, -0.2) is 0 Å². The molecule has 0 fully saturated rings. The minimum Gasteiger partial charge on any atom is -0.486 e. The van der Waals surface area contributed by atoms with E-state index < -0.39 is 0 Å². The molecule has 8 heteroatoms. The number of amides is 1. The number of ether oxygens (including phenoxy) is 1. The molecule has 3 aromatic rings. The first-order chi connectivity index (χ1) is 14.5. The molecule has 0 radical (unpaired) electrons. The third-order valence-corrected chi connectivity index (χ3v) is 5.86. The summed E-state index contributed by atoms with van der Waals surface area (Å²) < 4.78 is 8.71. The molecule has 0 bridgehead atoms. The smallest absolute Gasteiger partial charge is 0.234 e. The van der Waals surface area contributed by atoms with Gasteiger partial charge in [0.15, 0.2) is 11.0 Å². The zero-order valence-electron chi connectivity index (χ0n) is 16.9. The van der Waals surface area contributed by atoms with Crippen molar-refractivity contribution in [2.75, 3.05) is 11.1 Å². The average Bonchev–Trinajstić information content (AvgIpc) is 3.11. The van der Waals surface area contributed by atoms with E-state index in [0.29, 0.717) is 17.5 Å². The molecule has 1 aromatic heterocycles. The molecule has 0 aliphatic rings. The fraction of sp³-hybridized carbons (Fsp3) is 0.227. The number of nitrogens with zero attached hydrogens (tertiary/aromatic N) is 3. The molecule has 6 nitrogen and oxygen atoms in total. The Bertz CT molecular complexity index is 1010. The van der Waals surface area contributed by atoms with Crippen LogP contribution in [0.25, 0.3) is 0 Å². The van der Waals surface area contributed by atoms with Crippen molar-refractivity contribution in [2.45, 2.75) is 32.2 Å². The second kappa shape index (κ2) is 10.4. The molecule has 0 aliphatic heterocycles. The third-order valence-electron chi connectivity index (χ3n) is 4.36. The molecule has 0 saturated heterocycles. The molecule has 1 amide bonds. The maximum Gasteiger partial charge on any atom is 0.234 e. The Hall–Kier alpha value is -2.58. The lowest BCUT2D eigenvalue weighted by Crippen LogP contribution is -2.16. The van der Waals surface area contributed by atoms with Crippen LogP contribution in [0.15, 0.2) is 64.7 Å². The van der Waals surface area contributed by atoms with Gasteiger partial charge in [0.05, 0.1) is 5.75 Å². The van der Waals surface area contributed by atoms with Crippen LogP contribution in [0.4, 0.5) is 5.69 Å². The number of hydrogen-bond acceptors (Lipinski definition) is 5. The topological polar surface area (TPSA) is 69.0 Å². The number of hydrogen-bond donors (Lipinski definition) is 1. The average molecular weight is 487 g/mol. The Kier molecular flexibility index (Phi) is 7.70. The van der Waals surface area contributed by atoms with Crippen molar-refractivity contribution in [3.63, 3.8) is 0 Å². The van der Waals surface area contributed by atoms with E-state index in [4.69, 9.17) is 4.74 Å². The standard InChI is InChI=1S/C22H23BrN4O2S/c1-4-12-27-19(13-29-18-10-8-17(23)9-11-18)25-26-22(27)30-14-20(28)24-21-15(2)6-5-7-16(21)3/h4-11H,1,12-14H2,2-3H3,(H,24,28). The van der Waals surface area contributed by atoms with Crippen molar-refractivity contribution in [1.29, 1.82) is 0 Å². The van der Waals surface area contributed by atoms with Crippen LogP contribution in [-0.2, 0) is 17.9 Å². The first kappa shape index (κ1) is 22.1. The first-order valence-corrected chi connectivity index (χ1v) is 11.2. The Balaban J connectivity index is 1.63. The lowest BCUT2D eigenvalue weighted by Gasteiger charge is -2.12. The normalized spacial score (nSPS) is 10.6. The van der Waals surface area contributed by atoms with E-state index in [-0.39, 0.29) is 18.3 Å². The number of thioether (sulfide) groups is 1. The molecule has 1 N–H and O–H groups in total. The fourth-order valence-electron chi connectivity index (χ4n) is 2.84. The number of allylic oxidation sites excluding steroid dienone is 1. The highest BCUT2D eigenvalue weighted by Gasteiger charge is 2.15. The highest BCUT2D eigenvalue weighted by Crippen LogP contribution is 2.22. The van der Waals surface area contributed by atoms with Crippen LogP contribution >= 0.6 is 27.7 Å². The molecule has 0 atom stereocenters. The quantitative estimate of drug-likeness (QED) is 0.334. The van der Waals surface area contributed by atoms with Gasteiger partial charge in [-0.3, -0.25) is 9.36 Å². The number of halogens is 1. The van der Waals surface area contributed by atoms with Gasteiger partial charge in [-0.05, 0) is 49.2 Å². The van der Waals surface area contributed by atoms with E-state index in [1.54, 1.807) is 6.08 Å². The summed E-state index contributed by atoms with van der Waals surface area (Å²) in [5, 5.41) is 12.1. The SMILES string of the molecule is C=CCn1c(COc2ccc(Br)cc2)nnc1SCC(=O)Nc1c(C)cccc1C. The highest BCUT2D eigenvalue weighted by atomic mass is 79.9. The minimum atomic E-state index is -0.0850. The molecule has 156 valence electrons. The number of aromatic nitrogens is 3. The van der Waals surface area contributed by atoms with E-state index in [9.17, 15) is 4.79 Å². The number of carbonyl (C=O) groups excluding carboxylic acids is 1. The van der Waals surface area contributed by atoms with Crippen LogP contribution < -0.4 is 10.1 Å². The van der Waals surface area contributed by atoms with Gasteiger partial charge in [-0.2, -0.15) is 0 Å². The number of benzene rings is 2. The molecule has 0 saturated carbocycles. The van der Waals surface area contributed by atoms with Crippen molar-refractivity contribution in [3.05, 3.63) is 76.5 Å². The number of aryl methyl sites for hydroxylation is 2. The van der Waals surface area contributed by atoms with Crippen LogP contribution in [0.3, 0.4) is 0 Å². The zero-order valence-corrected chi connectivity index (χ0v) is 19.3. The second-order valence-electron chi connectivity index (χ2n) is 6.64. The summed E-state index contributed by atoms with van der Waals surface area (Å²) in [6.07, 6.45) is 1.77. The predicted molar refractivity (Wildman–Crippen MR) is 124 cm³/mol. The predicted octanol–water partition coefficient (Wildman–Crippen LogP) is 5.15. The van der Waals surface area contributed by atoms with Crippen molar-refractivity contribution in [1.82, 2.24) is 14.8 Å². The van der Waals surface area contributed by atoms with Gasteiger partial charge in [0, 0.05) is 16.7 Å². The van der Waals surface area contributed by atoms with Crippen molar-refractivity contribution in [2.24, 2.45) is 0 Å². The van der Waals surface area contributed by atoms with Crippen LogP contribution in [-0.4, -0.2) is 26.4 Å². The number of carbonyl (C=O) groups is 1. The lowest BCUT2D eigenvalue weighted by atomic mass is 10.1. The van der Waals surface area contributed by atoms with Gasteiger partial charge in [0.2, 0.25) is 5.91 Å². The highest BCUT2D eigenvalue weighted by molar-refractivity contribution is 9.10. The van der Waals surface area contributed by atoms with E-state index in [2.05, 4.69) is 38.0 Å². The Morgan fingerprint density at radius 3 is 2.57 bits per heavy atom. The van der Waals surface area contributed by atoms with Crippen molar-refractivity contribution in [3.8, 4) is 5.75 Å². The summed E-state index contributed by atoms with van der Waals surface area (Å²) in [5.74, 6) is 1.57. The van der Waals surface area contributed by atoms with Gasteiger partial charge >= 0.3 is 0 Å². The third kappa shape index (κ3) is 5.73. The molecule has 1 heterocycles. The maximum absolute atomic E-state index is 12.5. The fourth-order valence-corrected chi connectivity index (χ4v) is 3.87. The summed E-state index contributed by atoms with van der Waals surface area (Å²) >= 11 is 4.74. The van der Waals surface area contributed by atoms with E-state index >= 15 is 0 Å². The van der Waals surface area contributed by atoms with Crippen LogP contribution in [0, 0.1) is 13.8 Å². The van der Waals surface area contributed by atoms with Crippen LogP contribution in [0.2, 0.25) is 0 Å². The Labute approximate surface area is 188 Å². The first-order valence-electron chi connectivity index (χ1n) is 9.38. The maximum atomic E-state index is 12.5. The molecule has 0 spiro atoms. The summed E-state index contributed by atoms with van der Waals surface area (Å²) in [7, 11) is 0. The number of rotatable bonds is 9. The number of para-hydroxylation sites is 1. The van der Waals surface area contributed by atoms with Gasteiger partial charge < -0.3 is 10.1 Å². The zero-order chi connectivity index (χ0) is 21.5. The van der Waals surface area contributed by atoms with Crippen molar-refractivity contribution < 1.29 is 9.53 Å². The molecular formula is C22H23BrN4O2S. The molecule has 0 aliphatic carbocycles. The second-order valence-corrected chi connectivity index (χ2v) is 8.50. The Morgan fingerprint density at radius 1 is 1.20 bits per heavy atom. The van der Waals surface area contributed by atoms with Gasteiger partial charge in [0.25, 0.3) is 0 Å². The Morgan fingerprint density at radius 2 is 1.90 bits per heavy atom. The monoisotopic (exact) mass is 486 g/mol. The molecule has 30 heavy (non-hydrogen) atoms. The summed E-state index contributed by atoms with van der Waals surface area (Å²) in [4.78, 5) is 12.5. The summed E-state index contributed by atoms with van der Waals surface area (Å²) in [5.41, 5.74) is 2.94. The lowest BCUT2D eigenvalue weighted by molar-refractivity contribution is -0.113. The minimum absolute atomic E-state index is 0.0850. The number of anilines is 1.